The Hall–Kier alpha value is -0.900. The van der Waals surface area contributed by atoms with Crippen molar-refractivity contribution in [1.29, 1.82) is 0 Å². The maximum absolute atomic E-state index is 4.06. The van der Waals surface area contributed by atoms with Gasteiger partial charge in [-0.3, -0.25) is 0 Å². The molecule has 0 spiro atoms. The fourth-order valence-electron chi connectivity index (χ4n) is 1.43. The number of aryl methyl sites for hydroxylation is 1. The lowest BCUT2D eigenvalue weighted by Crippen LogP contribution is -3.07. The van der Waals surface area contributed by atoms with Crippen LogP contribution in [-0.4, -0.2) is 21.3 Å². The van der Waals surface area contributed by atoms with E-state index in [0.29, 0.717) is 0 Å². The van der Waals surface area contributed by atoms with Crippen molar-refractivity contribution < 1.29 is 4.90 Å². The molecule has 1 N–H and O–H groups in total. The molecule has 1 atom stereocenters. The number of hydrogen-bond acceptors (Lipinski definition) is 2. The molecule has 4 heteroatoms. The molecule has 0 amide bonds. The van der Waals surface area contributed by atoms with Gasteiger partial charge in [0.1, 0.15) is 12.4 Å². The first kappa shape index (κ1) is 6.79. The molecule has 0 aliphatic carbocycles. The summed E-state index contributed by atoms with van der Waals surface area (Å²) in [5.41, 5.74) is 0. The molecule has 0 fully saturated rings. The molecule has 1 aliphatic heterocycles. The monoisotopic (exact) mass is 152 g/mol. The lowest BCUT2D eigenvalue weighted by molar-refractivity contribution is -0.873. The molecule has 2 heterocycles. The van der Waals surface area contributed by atoms with Gasteiger partial charge in [-0.25, -0.2) is 0 Å². The van der Waals surface area contributed by atoms with E-state index in [1.54, 1.807) is 0 Å². The Morgan fingerprint density at radius 2 is 2.36 bits per heavy atom. The van der Waals surface area contributed by atoms with Crippen molar-refractivity contribution in [2.24, 2.45) is 0 Å². The predicted molar refractivity (Wildman–Crippen MR) is 39.6 cm³/mol. The van der Waals surface area contributed by atoms with E-state index in [9.17, 15) is 0 Å². The summed E-state index contributed by atoms with van der Waals surface area (Å²) in [7, 11) is 3.94. The van der Waals surface area contributed by atoms with Crippen LogP contribution < -0.4 is 4.90 Å². The molecular weight excluding hydrogens is 140 g/mol. The van der Waals surface area contributed by atoms with Crippen molar-refractivity contribution in [1.82, 2.24) is 14.8 Å². The topological polar surface area (TPSA) is 35.2 Å². The van der Waals surface area contributed by atoms with Crippen LogP contribution >= 0.6 is 0 Å². The van der Waals surface area contributed by atoms with Crippen molar-refractivity contribution >= 4 is 0 Å². The summed E-state index contributed by atoms with van der Waals surface area (Å²) in [6.07, 6.45) is 0. The molecule has 4 nitrogen and oxygen atoms in total. The minimum absolute atomic E-state index is 0.904. The van der Waals surface area contributed by atoms with Crippen LogP contribution in [0.1, 0.15) is 11.6 Å². The number of nitrogens with zero attached hydrogens (tertiary/aromatic N) is 3. The van der Waals surface area contributed by atoms with E-state index < -0.39 is 0 Å². The summed E-state index contributed by atoms with van der Waals surface area (Å²) < 4.78 is 2.16. The minimum atomic E-state index is 0.904. The molecule has 60 valence electrons. The minimum Gasteiger partial charge on any atom is -0.460 e. The standard InChI is InChI=1S/C7H12N4/c1-6-8-9-7-5-10(2)3-4-11(6)7/h10H,2-5H2,1H3. The maximum Gasteiger partial charge on any atom is 0.186 e. The molecule has 0 saturated heterocycles. The normalized spacial score (nSPS) is 23.3. The van der Waals surface area contributed by atoms with Gasteiger partial charge >= 0.3 is 0 Å². The van der Waals surface area contributed by atoms with Gasteiger partial charge in [-0.1, -0.05) is 0 Å². The highest BCUT2D eigenvalue weighted by Crippen LogP contribution is 2.00. The van der Waals surface area contributed by atoms with Gasteiger partial charge in [0.15, 0.2) is 5.82 Å². The largest absolute Gasteiger partial charge is 0.460 e. The summed E-state index contributed by atoms with van der Waals surface area (Å²) in [4.78, 5) is 1.27. The molecule has 0 saturated carbocycles. The second-order valence-corrected chi connectivity index (χ2v) is 2.99. The quantitative estimate of drug-likeness (QED) is 0.473. The van der Waals surface area contributed by atoms with Crippen LogP contribution in [0.15, 0.2) is 0 Å². The molecule has 0 bridgehead atoms. The zero-order valence-corrected chi connectivity index (χ0v) is 6.67. The average Bonchev–Trinajstić information content (AvgIpc) is 2.32. The van der Waals surface area contributed by atoms with Gasteiger partial charge in [0.25, 0.3) is 0 Å². The Morgan fingerprint density at radius 3 is 3.18 bits per heavy atom. The van der Waals surface area contributed by atoms with Gasteiger partial charge in [-0.05, 0) is 6.92 Å². The summed E-state index contributed by atoms with van der Waals surface area (Å²) in [6, 6.07) is 0. The van der Waals surface area contributed by atoms with E-state index in [1.165, 1.54) is 4.90 Å². The summed E-state index contributed by atoms with van der Waals surface area (Å²) >= 11 is 0. The van der Waals surface area contributed by atoms with E-state index in [2.05, 4.69) is 21.8 Å². The molecular formula is C7H12N4. The number of rotatable bonds is 0. The van der Waals surface area contributed by atoms with Crippen LogP contribution in [0.4, 0.5) is 0 Å². The van der Waals surface area contributed by atoms with Gasteiger partial charge in [0, 0.05) is 0 Å². The van der Waals surface area contributed by atoms with Crippen LogP contribution in [0.25, 0.3) is 0 Å². The Kier molecular flexibility index (Phi) is 1.42. The van der Waals surface area contributed by atoms with Crippen molar-refractivity contribution in [3.8, 4) is 0 Å². The molecule has 11 heavy (non-hydrogen) atoms. The number of fused-ring (bicyclic) bond motifs is 1. The van der Waals surface area contributed by atoms with Crippen LogP contribution in [0.5, 0.6) is 0 Å². The van der Waals surface area contributed by atoms with Crippen molar-refractivity contribution in [2.75, 3.05) is 6.54 Å². The van der Waals surface area contributed by atoms with Crippen LogP contribution in [0.3, 0.4) is 0 Å². The second-order valence-electron chi connectivity index (χ2n) is 2.99. The van der Waals surface area contributed by atoms with E-state index in [-0.39, 0.29) is 0 Å². The Balaban J connectivity index is 2.36. The summed E-state index contributed by atoms with van der Waals surface area (Å²) in [5.74, 6) is 2.09. The number of nitrogens with one attached hydrogen (secondary N) is 1. The third-order valence-corrected chi connectivity index (χ3v) is 2.11. The first-order chi connectivity index (χ1) is 5.27. The van der Waals surface area contributed by atoms with Crippen LogP contribution in [0, 0.1) is 14.0 Å². The van der Waals surface area contributed by atoms with Crippen LogP contribution in [-0.2, 0) is 13.1 Å². The third kappa shape index (κ3) is 1.03. The molecule has 0 radical (unpaired) electrons. The fraction of sp³-hybridized carbons (Fsp3) is 0.571. The Bertz CT molecular complexity index is 265. The van der Waals surface area contributed by atoms with E-state index >= 15 is 0 Å². The zero-order valence-electron chi connectivity index (χ0n) is 6.67. The van der Waals surface area contributed by atoms with E-state index in [0.717, 1.165) is 31.3 Å². The molecule has 1 aromatic rings. The highest BCUT2D eigenvalue weighted by atomic mass is 15.3. The van der Waals surface area contributed by atoms with Crippen molar-refractivity contribution in [2.45, 2.75) is 20.0 Å². The average molecular weight is 152 g/mol. The number of hydrogen-bond donors (Lipinski definition) is 1. The molecule has 0 aromatic carbocycles. The smallest absolute Gasteiger partial charge is 0.186 e. The third-order valence-electron chi connectivity index (χ3n) is 2.11. The van der Waals surface area contributed by atoms with E-state index in [1.807, 2.05) is 6.92 Å². The van der Waals surface area contributed by atoms with Crippen molar-refractivity contribution in [3.05, 3.63) is 18.7 Å². The van der Waals surface area contributed by atoms with Crippen LogP contribution in [0.2, 0.25) is 0 Å². The lowest BCUT2D eigenvalue weighted by Gasteiger charge is -2.25. The van der Waals surface area contributed by atoms with Gasteiger partial charge in [-0.2, -0.15) is 7.05 Å². The van der Waals surface area contributed by atoms with Gasteiger partial charge in [0.05, 0.1) is 13.1 Å². The SMILES string of the molecule is [CH2-][NH+]1CCn2c(C)nnc2C1. The summed E-state index contributed by atoms with van der Waals surface area (Å²) in [6.45, 7) is 4.98. The number of aromatic nitrogens is 3. The highest BCUT2D eigenvalue weighted by Gasteiger charge is 2.16. The zero-order chi connectivity index (χ0) is 7.84. The fourth-order valence-corrected chi connectivity index (χ4v) is 1.43. The van der Waals surface area contributed by atoms with E-state index in [4.69, 9.17) is 0 Å². The Labute approximate surface area is 65.8 Å². The highest BCUT2D eigenvalue weighted by molar-refractivity contribution is 4.93. The van der Waals surface area contributed by atoms with Crippen molar-refractivity contribution in [3.63, 3.8) is 0 Å². The summed E-state index contributed by atoms with van der Waals surface area (Å²) in [5, 5.41) is 8.06. The Morgan fingerprint density at radius 1 is 1.55 bits per heavy atom. The number of quaternary nitrogens is 1. The lowest BCUT2D eigenvalue weighted by atomic mass is 10.4. The molecule has 1 aliphatic rings. The van der Waals surface area contributed by atoms with Gasteiger partial charge < -0.3 is 9.47 Å². The first-order valence-corrected chi connectivity index (χ1v) is 3.82. The molecule has 2 rings (SSSR count). The first-order valence-electron chi connectivity index (χ1n) is 3.82. The van der Waals surface area contributed by atoms with Gasteiger partial charge in [-0.15, -0.1) is 10.2 Å². The maximum atomic E-state index is 4.06. The second kappa shape index (κ2) is 2.30. The predicted octanol–water partition coefficient (Wildman–Crippen LogP) is -1.22. The molecule has 1 aromatic heterocycles. The van der Waals surface area contributed by atoms with Gasteiger partial charge in [0.2, 0.25) is 0 Å². The molecule has 1 unspecified atom stereocenters.